The molecule has 6 aromatic carbocycles. The number of nitrogens with zero attached hydrogens (tertiary/aromatic N) is 5. The quantitative estimate of drug-likeness (QED) is 0.0428. The molecule has 2 fully saturated rings. The van der Waals surface area contributed by atoms with Crippen LogP contribution in [0.25, 0.3) is 10.9 Å². The van der Waals surface area contributed by atoms with Crippen LogP contribution in [0.2, 0.25) is 0 Å². The summed E-state index contributed by atoms with van der Waals surface area (Å²) >= 11 is 0.836. The maximum atomic E-state index is 15.7. The third kappa shape index (κ3) is 28.6. The number of carboxylic acids is 1. The van der Waals surface area contributed by atoms with Gasteiger partial charge < -0.3 is 104 Å². The zero-order chi connectivity index (χ0) is 93.9. The van der Waals surface area contributed by atoms with Crippen molar-refractivity contribution in [2.45, 2.75) is 190 Å². The number of thioether (sulfide) groups is 1. The third-order valence-corrected chi connectivity index (χ3v) is 23.6. The number of nitrogens with two attached hydrogens (primary N) is 1. The molecule has 7 aromatic rings. The van der Waals surface area contributed by atoms with Crippen LogP contribution in [0.15, 0.2) is 170 Å². The number of hydrogen-bond donors (Lipinski definition) is 16. The molecule has 9 rings (SSSR count). The number of nitrogens with one attached hydrogen (secondary N) is 10. The number of benzene rings is 6. The largest absolute Gasteiger partial charge is 0.508 e. The predicted molar refractivity (Wildman–Crippen MR) is 478 cm³/mol. The molecule has 2 unspecified atom stereocenters. The smallest absolute Gasteiger partial charge is 0.324 e. The number of hydrogen-bond acceptors (Lipinski definition) is 21. The van der Waals surface area contributed by atoms with E-state index in [0.717, 1.165) is 38.4 Å². The Morgan fingerprint density at radius 1 is 0.512 bits per heavy atom. The van der Waals surface area contributed by atoms with Gasteiger partial charge in [0.05, 0.1) is 24.8 Å². The Balaban J connectivity index is 1.13. The van der Waals surface area contributed by atoms with Gasteiger partial charge in [-0.05, 0) is 89.4 Å². The molecule has 0 saturated carbocycles. The van der Waals surface area contributed by atoms with E-state index in [4.69, 9.17) is 5.73 Å². The van der Waals surface area contributed by atoms with Gasteiger partial charge >= 0.3 is 12.0 Å². The summed E-state index contributed by atoms with van der Waals surface area (Å²) in [7, 11) is 4.99. The Morgan fingerprint density at radius 3 is 1.56 bits per heavy atom. The minimum Gasteiger partial charge on any atom is -0.508 e. The summed E-state index contributed by atoms with van der Waals surface area (Å²) < 4.78 is 0. The maximum Gasteiger partial charge on any atom is 0.324 e. The molecule has 3 heterocycles. The van der Waals surface area contributed by atoms with Gasteiger partial charge in [0.15, 0.2) is 0 Å². The van der Waals surface area contributed by atoms with Crippen molar-refractivity contribution in [3.05, 3.63) is 203 Å². The van der Waals surface area contributed by atoms with E-state index in [1.807, 2.05) is 6.92 Å². The Hall–Kier alpha value is -13.3. The van der Waals surface area contributed by atoms with E-state index in [1.165, 1.54) is 76.6 Å². The van der Waals surface area contributed by atoms with Crippen molar-refractivity contribution in [3.8, 4) is 11.5 Å². The van der Waals surface area contributed by atoms with Crippen LogP contribution in [0.3, 0.4) is 0 Å². The van der Waals surface area contributed by atoms with E-state index < -0.39 is 205 Å². The number of aromatic hydroxyl groups is 2. The monoisotopic (exact) mass is 1800 g/mol. The van der Waals surface area contributed by atoms with Gasteiger partial charge in [0.1, 0.15) is 90.2 Å². The van der Waals surface area contributed by atoms with Crippen LogP contribution in [-0.4, -0.2) is 281 Å². The van der Waals surface area contributed by atoms with Gasteiger partial charge in [-0.25, -0.2) is 4.79 Å². The average Bonchev–Trinajstić information content (AvgIpc) is 1.76. The number of carbonyl (C=O) groups excluding carboxylic acids is 14. The minimum atomic E-state index is -1.98. The zero-order valence-electron chi connectivity index (χ0n) is 73.2. The standard InChI is InChI=1S/C92H116N16O20S/c1-9-10-30-73-91(127)108-50-63(111)46-75(108)86(122)100-69(47-79(114)115)81(117)96-54(4)87(123)105(6)74(43-56-24-16-12-17-25-56)85(121)101-71(42-59-33-37-62(110)38-34-59)89(125)107(8)92(128)103-68(45-60-48-94-65-29-21-20-28-64(60)65)84(120)99-67(40-58-31-35-61(109)36-32-58)83(119)98-66(39-53(2)3)82(118)102-72(80(116)95-49-77(93)112)51-129-52-78(113)97-70(41-55-22-14-11-15-23-55)88(124)106(7)76(90(126)104(73)5)44-57-26-18-13-19-27-57/h11-29,31-38,48,53-54,63,66-77,94,109-112H,9-10,30,39-47,49-52,93H2,1-8H3,(H,95,116)(H,96,117)(H,97,113)(H,98,119)(H,99,120)(H,100,122)(H,101,121)(H,102,118)(H,103,128)(H,114,115)/t54-,63-,66-,67-,68-,69-,70-,71-,72-,73-,74?,75+,76-,77?/m0/s1. The second kappa shape index (κ2) is 47.5. The van der Waals surface area contributed by atoms with E-state index in [2.05, 4.69) is 52.8 Å². The number of aromatic amines is 1. The molecule has 0 radical (unpaired) electrons. The summed E-state index contributed by atoms with van der Waals surface area (Å²) in [6, 6.07) is 23.3. The number of unbranched alkanes of at least 4 members (excludes halogenated alkanes) is 1. The predicted octanol–water partition coefficient (Wildman–Crippen LogP) is 1.58. The minimum absolute atomic E-state index is 0.0273. The van der Waals surface area contributed by atoms with Crippen molar-refractivity contribution in [1.29, 1.82) is 0 Å². The Bertz CT molecular complexity index is 5070. The number of phenolic OH excluding ortho intramolecular Hbond substituents is 2. The number of aliphatic hydroxyl groups is 2. The number of fused-ring (bicyclic) bond motifs is 2. The third-order valence-electron chi connectivity index (χ3n) is 22.5. The van der Waals surface area contributed by atoms with Crippen molar-refractivity contribution >= 4 is 111 Å². The molecule has 2 aliphatic rings. The van der Waals surface area contributed by atoms with E-state index in [0.29, 0.717) is 62.0 Å². The van der Waals surface area contributed by atoms with Crippen LogP contribution in [0.4, 0.5) is 4.79 Å². The molecule has 14 atom stereocenters. The fraction of sp³-hybridized carbons (Fsp3) is 0.424. The Morgan fingerprint density at radius 2 is 0.992 bits per heavy atom. The molecule has 36 nitrogen and oxygen atoms in total. The number of imide groups is 1. The lowest BCUT2D eigenvalue weighted by molar-refractivity contribution is -0.152. The van der Waals surface area contributed by atoms with Crippen molar-refractivity contribution in [2.75, 3.05) is 52.8 Å². The summed E-state index contributed by atoms with van der Waals surface area (Å²) in [6.07, 6.45) is -3.82. The molecular weight excluding hydrogens is 1680 g/mol. The summed E-state index contributed by atoms with van der Waals surface area (Å²) in [6.45, 7) is 5.55. The average molecular weight is 1800 g/mol. The molecular formula is C92H116N16O20S. The summed E-state index contributed by atoms with van der Waals surface area (Å²) in [4.78, 5) is 232. The zero-order valence-corrected chi connectivity index (χ0v) is 74.0. The maximum absolute atomic E-state index is 15.7. The fourth-order valence-electron chi connectivity index (χ4n) is 15.4. The second-order valence-corrected chi connectivity index (χ2v) is 33.9. The summed E-state index contributed by atoms with van der Waals surface area (Å²) in [5.74, 6) is -15.5. The first-order valence-corrected chi connectivity index (χ1v) is 43.8. The highest BCUT2D eigenvalue weighted by molar-refractivity contribution is 8.00. The van der Waals surface area contributed by atoms with Crippen LogP contribution in [0.1, 0.15) is 99.6 Å². The first-order chi connectivity index (χ1) is 61.5. The number of phenols is 2. The molecule has 15 amide bonds. The van der Waals surface area contributed by atoms with E-state index >= 15 is 43.2 Å². The first kappa shape index (κ1) is 99.5. The highest BCUT2D eigenvalue weighted by Gasteiger charge is 2.47. The van der Waals surface area contributed by atoms with Crippen LogP contribution in [0, 0.1) is 5.92 Å². The van der Waals surface area contributed by atoms with Crippen LogP contribution in [-0.2, 0) is 106 Å². The Kier molecular flexibility index (Phi) is 36.7. The van der Waals surface area contributed by atoms with E-state index in [9.17, 15) is 54.3 Å². The number of H-pyrrole nitrogens is 1. The number of urea groups is 1. The van der Waals surface area contributed by atoms with E-state index in [1.54, 1.807) is 135 Å². The molecule has 1 aromatic heterocycles. The van der Waals surface area contributed by atoms with Crippen LogP contribution in [0.5, 0.6) is 11.5 Å². The first-order valence-electron chi connectivity index (χ1n) is 42.7. The highest BCUT2D eigenvalue weighted by atomic mass is 32.2. The van der Waals surface area contributed by atoms with Gasteiger partial charge in [-0.1, -0.05) is 167 Å². The molecule has 0 aliphatic carbocycles. The van der Waals surface area contributed by atoms with E-state index in [-0.39, 0.29) is 74.5 Å². The number of aliphatic hydroxyl groups excluding tert-OH is 2. The molecule has 0 bridgehead atoms. The van der Waals surface area contributed by atoms with Gasteiger partial charge in [0.25, 0.3) is 5.91 Å². The lowest BCUT2D eigenvalue weighted by Crippen LogP contribution is -2.61. The number of aliphatic carboxylic acids is 1. The lowest BCUT2D eigenvalue weighted by Gasteiger charge is -2.38. The van der Waals surface area contributed by atoms with Gasteiger partial charge in [0.2, 0.25) is 70.9 Å². The van der Waals surface area contributed by atoms with Crippen LogP contribution < -0.4 is 53.6 Å². The molecule has 2 saturated heterocycles. The molecule has 129 heavy (non-hydrogen) atoms. The topological polar surface area (TPSA) is 523 Å². The number of carboxylic acid groups (broad SMARTS) is 1. The summed E-state index contributed by atoms with van der Waals surface area (Å²) in [5.41, 5.74) is 9.07. The summed E-state index contributed by atoms with van der Waals surface area (Å²) in [5, 5.41) is 76.9. The van der Waals surface area contributed by atoms with Gasteiger partial charge in [-0.15, -0.1) is 11.8 Å². The number of carbonyl (C=O) groups is 15. The fourth-order valence-corrected chi connectivity index (χ4v) is 16.3. The van der Waals surface area contributed by atoms with Gasteiger partial charge in [-0.2, -0.15) is 0 Å². The molecule has 37 heteroatoms. The van der Waals surface area contributed by atoms with Crippen molar-refractivity contribution in [1.82, 2.24) is 77.3 Å². The second-order valence-electron chi connectivity index (χ2n) is 32.9. The van der Waals surface area contributed by atoms with Crippen molar-refractivity contribution in [3.63, 3.8) is 0 Å². The number of likely N-dealkylation sites (N-methyl/N-ethyl adjacent to an activating group) is 4. The lowest BCUT2D eigenvalue weighted by atomic mass is 9.99. The van der Waals surface area contributed by atoms with Gasteiger partial charge in [-0.3, -0.25) is 72.0 Å². The normalized spacial score (nSPS) is 23.6. The highest BCUT2D eigenvalue weighted by Crippen LogP contribution is 2.27. The molecule has 0 spiro atoms. The molecule has 17 N–H and O–H groups in total. The SMILES string of the molecule is CCCC[C@H]1C(=O)N2C[C@@H](O)C[C@@H]2C(=O)N[C@@H](CC(=O)O)C(=O)N[C@@H](C)C(=O)N(C)C(Cc2ccccc2)C(=O)N[C@@H](Cc2ccc(O)cc2)C(=O)N(C)C(=O)N[C@@H](Cc2c[nH]c3ccccc23)C(=O)N[C@@H](Cc2ccc(O)cc2)C(=O)N[C@@H](CC(C)C)C(=O)N[C@H](C(=O)NCC(N)O)CSCC(=O)N[C@@H](Cc2ccccc2)C(=O)N(C)[C@@H](Cc2ccccc2)C(=O)N1C. The number of aromatic nitrogens is 1. The van der Waals surface area contributed by atoms with Crippen molar-refractivity contribution in [2.24, 2.45) is 11.7 Å². The Labute approximate surface area is 751 Å². The number of amides is 15. The van der Waals surface area contributed by atoms with Crippen LogP contribution >= 0.6 is 11.8 Å². The number of para-hydroxylation sites is 1. The molecule has 2 aliphatic heterocycles. The number of rotatable bonds is 22. The molecule has 690 valence electrons. The van der Waals surface area contributed by atoms with Crippen molar-refractivity contribution < 1.29 is 97.5 Å². The van der Waals surface area contributed by atoms with Gasteiger partial charge in [0, 0.05) is 103 Å².